The van der Waals surface area contributed by atoms with Crippen LogP contribution in [0.25, 0.3) is 11.0 Å². The standard InChI is InChI=1S/C18H17N2O2S/c21-14-10-19-15-8-4-5-9-16(15)20(18(19)23-12-14)11-17(22)13-6-2-1-3-7-13/h1-9,14,21H,10-12H2/q+1/t14-/m1/s1. The quantitative estimate of drug-likeness (QED) is 0.594. The van der Waals surface area contributed by atoms with Crippen molar-refractivity contribution >= 4 is 28.6 Å². The maximum Gasteiger partial charge on any atom is 0.319 e. The van der Waals surface area contributed by atoms with Crippen molar-refractivity contribution in [3.8, 4) is 0 Å². The summed E-state index contributed by atoms with van der Waals surface area (Å²) in [5.74, 6) is 0.761. The van der Waals surface area contributed by atoms with Crippen LogP contribution in [0.5, 0.6) is 0 Å². The lowest BCUT2D eigenvalue weighted by molar-refractivity contribution is -0.717. The van der Waals surface area contributed by atoms with E-state index in [1.165, 1.54) is 0 Å². The van der Waals surface area contributed by atoms with Gasteiger partial charge >= 0.3 is 5.16 Å². The Morgan fingerprint density at radius 2 is 1.91 bits per heavy atom. The Balaban J connectivity index is 1.79. The van der Waals surface area contributed by atoms with Crippen molar-refractivity contribution in [2.75, 3.05) is 5.75 Å². The van der Waals surface area contributed by atoms with Gasteiger partial charge in [-0.3, -0.25) is 4.79 Å². The van der Waals surface area contributed by atoms with Crippen molar-refractivity contribution in [1.82, 2.24) is 4.57 Å². The molecule has 0 fully saturated rings. The molecule has 0 saturated carbocycles. The van der Waals surface area contributed by atoms with Gasteiger partial charge in [-0.1, -0.05) is 42.5 Å². The summed E-state index contributed by atoms with van der Waals surface area (Å²) >= 11 is 1.61. The maximum absolute atomic E-state index is 12.6. The largest absolute Gasteiger partial charge is 0.388 e. The molecule has 5 heteroatoms. The Bertz CT molecular complexity index is 873. The van der Waals surface area contributed by atoms with Crippen LogP contribution in [0.3, 0.4) is 0 Å². The van der Waals surface area contributed by atoms with E-state index in [0.29, 0.717) is 18.8 Å². The number of aliphatic hydroxyl groups is 1. The molecule has 116 valence electrons. The predicted molar refractivity (Wildman–Crippen MR) is 89.6 cm³/mol. The number of aliphatic hydroxyl groups excluding tert-OH is 1. The number of hydrogen-bond donors (Lipinski definition) is 1. The van der Waals surface area contributed by atoms with Crippen LogP contribution in [0.2, 0.25) is 0 Å². The molecule has 0 spiro atoms. The van der Waals surface area contributed by atoms with Crippen LogP contribution in [0, 0.1) is 0 Å². The second-order valence-corrected chi connectivity index (χ2v) is 6.71. The summed E-state index contributed by atoms with van der Waals surface area (Å²) in [5, 5.41) is 11.0. The van der Waals surface area contributed by atoms with Crippen LogP contribution in [0.1, 0.15) is 10.4 Å². The van der Waals surface area contributed by atoms with Crippen LogP contribution < -0.4 is 4.57 Å². The number of hydrogen-bond acceptors (Lipinski definition) is 3. The Hall–Kier alpha value is -2.11. The number of carbonyl (C=O) groups is 1. The number of fused-ring (bicyclic) bond motifs is 3. The molecule has 2 heterocycles. The van der Waals surface area contributed by atoms with E-state index in [1.54, 1.807) is 11.8 Å². The summed E-state index contributed by atoms with van der Waals surface area (Å²) in [6, 6.07) is 17.4. The van der Waals surface area contributed by atoms with E-state index in [-0.39, 0.29) is 11.9 Å². The lowest BCUT2D eigenvalue weighted by atomic mass is 10.1. The number of nitrogens with zero attached hydrogens (tertiary/aromatic N) is 2. The van der Waals surface area contributed by atoms with Gasteiger partial charge in [0, 0.05) is 11.3 Å². The van der Waals surface area contributed by atoms with Gasteiger partial charge in [0.05, 0.1) is 0 Å². The Kier molecular flexibility index (Phi) is 3.67. The van der Waals surface area contributed by atoms with E-state index in [0.717, 1.165) is 21.8 Å². The minimum atomic E-state index is -0.346. The van der Waals surface area contributed by atoms with E-state index in [9.17, 15) is 9.90 Å². The molecule has 1 N–H and O–H groups in total. The number of benzene rings is 2. The molecular weight excluding hydrogens is 308 g/mol. The van der Waals surface area contributed by atoms with Gasteiger partial charge in [0.2, 0.25) is 5.78 Å². The maximum atomic E-state index is 12.6. The lowest BCUT2D eigenvalue weighted by Crippen LogP contribution is -2.45. The molecule has 0 amide bonds. The third-order valence-electron chi connectivity index (χ3n) is 4.12. The van der Waals surface area contributed by atoms with Gasteiger partial charge in [-0.2, -0.15) is 0 Å². The highest BCUT2D eigenvalue weighted by atomic mass is 32.2. The molecular formula is C18H17N2O2S+. The van der Waals surface area contributed by atoms with Gasteiger partial charge in [0.15, 0.2) is 17.6 Å². The first-order valence-electron chi connectivity index (χ1n) is 7.64. The van der Waals surface area contributed by atoms with Crippen molar-refractivity contribution in [2.24, 2.45) is 0 Å². The minimum Gasteiger partial charge on any atom is -0.388 e. The van der Waals surface area contributed by atoms with Crippen LogP contribution in [-0.4, -0.2) is 27.3 Å². The average Bonchev–Trinajstić information content (AvgIpc) is 2.89. The highest BCUT2D eigenvalue weighted by molar-refractivity contribution is 7.99. The van der Waals surface area contributed by atoms with Crippen molar-refractivity contribution in [3.63, 3.8) is 0 Å². The van der Waals surface area contributed by atoms with Crippen LogP contribution in [-0.2, 0) is 13.1 Å². The number of ketones is 1. The molecule has 1 atom stereocenters. The first-order valence-corrected chi connectivity index (χ1v) is 8.63. The summed E-state index contributed by atoms with van der Waals surface area (Å²) < 4.78 is 4.19. The smallest absolute Gasteiger partial charge is 0.319 e. The van der Waals surface area contributed by atoms with Gasteiger partial charge < -0.3 is 5.11 Å². The Morgan fingerprint density at radius 1 is 1.17 bits per heavy atom. The van der Waals surface area contributed by atoms with Crippen molar-refractivity contribution < 1.29 is 14.5 Å². The second kappa shape index (κ2) is 5.83. The number of imidazole rings is 1. The monoisotopic (exact) mass is 325 g/mol. The highest BCUT2D eigenvalue weighted by Gasteiger charge is 2.32. The number of carbonyl (C=O) groups excluding carboxylic acids is 1. The molecule has 0 radical (unpaired) electrons. The van der Waals surface area contributed by atoms with E-state index >= 15 is 0 Å². The van der Waals surface area contributed by atoms with Crippen LogP contribution in [0.4, 0.5) is 0 Å². The number of aromatic nitrogens is 2. The van der Waals surface area contributed by atoms with Crippen molar-refractivity contribution in [3.05, 3.63) is 60.2 Å². The lowest BCUT2D eigenvalue weighted by Gasteiger charge is -2.14. The van der Waals surface area contributed by atoms with Crippen molar-refractivity contribution in [1.29, 1.82) is 0 Å². The summed E-state index contributed by atoms with van der Waals surface area (Å²) in [7, 11) is 0. The van der Waals surface area contributed by atoms with Gasteiger partial charge in [-0.25, -0.2) is 9.13 Å². The summed E-state index contributed by atoms with van der Waals surface area (Å²) in [4.78, 5) is 12.6. The Morgan fingerprint density at radius 3 is 2.74 bits per heavy atom. The van der Waals surface area contributed by atoms with Gasteiger partial charge in [0.1, 0.15) is 12.6 Å². The predicted octanol–water partition coefficient (Wildman–Crippen LogP) is 2.28. The molecule has 1 aliphatic rings. The molecule has 0 saturated heterocycles. The minimum absolute atomic E-state index is 0.0986. The second-order valence-electron chi connectivity index (χ2n) is 5.72. The van der Waals surface area contributed by atoms with Crippen LogP contribution >= 0.6 is 11.8 Å². The third-order valence-corrected chi connectivity index (χ3v) is 5.37. The summed E-state index contributed by atoms with van der Waals surface area (Å²) in [5.41, 5.74) is 2.83. The third kappa shape index (κ3) is 2.56. The first kappa shape index (κ1) is 14.5. The summed E-state index contributed by atoms with van der Waals surface area (Å²) in [6.45, 7) is 0.894. The van der Waals surface area contributed by atoms with Gasteiger partial charge in [-0.05, 0) is 23.9 Å². The number of para-hydroxylation sites is 2. The molecule has 2 aromatic carbocycles. The highest BCUT2D eigenvalue weighted by Crippen LogP contribution is 2.26. The molecule has 23 heavy (non-hydrogen) atoms. The summed E-state index contributed by atoms with van der Waals surface area (Å²) in [6.07, 6.45) is -0.346. The van der Waals surface area contributed by atoms with Crippen LogP contribution in [0.15, 0.2) is 59.8 Å². The molecule has 3 aromatic rings. The zero-order valence-electron chi connectivity index (χ0n) is 12.6. The first-order chi connectivity index (χ1) is 11.2. The van der Waals surface area contributed by atoms with Crippen molar-refractivity contribution in [2.45, 2.75) is 24.3 Å². The molecule has 4 rings (SSSR count). The fraction of sp³-hybridized carbons (Fsp3) is 0.222. The van der Waals surface area contributed by atoms with E-state index in [1.807, 2.05) is 54.6 Å². The number of rotatable bonds is 3. The molecule has 0 unspecified atom stereocenters. The zero-order chi connectivity index (χ0) is 15.8. The van der Waals surface area contributed by atoms with E-state index < -0.39 is 0 Å². The molecule has 0 aliphatic carbocycles. The molecule has 1 aromatic heterocycles. The fourth-order valence-electron chi connectivity index (χ4n) is 3.05. The number of Topliss-reactive ketones (excluding diaryl/α,β-unsaturated/α-hetero) is 1. The topological polar surface area (TPSA) is 46.1 Å². The fourth-order valence-corrected chi connectivity index (χ4v) is 4.14. The van der Waals surface area contributed by atoms with E-state index in [2.05, 4.69) is 9.13 Å². The zero-order valence-corrected chi connectivity index (χ0v) is 13.4. The van der Waals surface area contributed by atoms with E-state index in [4.69, 9.17) is 0 Å². The normalized spacial score (nSPS) is 17.2. The van der Waals surface area contributed by atoms with Gasteiger partial charge in [-0.15, -0.1) is 0 Å². The SMILES string of the molecule is O=C(Cn1c2[n+](c3ccccc31)C[C@@H](O)CS2)c1ccccc1. The molecule has 4 nitrogen and oxygen atoms in total. The average molecular weight is 325 g/mol. The Labute approximate surface area is 138 Å². The molecule has 1 aliphatic heterocycles. The molecule has 0 bridgehead atoms. The van der Waals surface area contributed by atoms with Gasteiger partial charge in [0.25, 0.3) is 0 Å². The number of thioether (sulfide) groups is 1.